The Bertz CT molecular complexity index is 316. The molecule has 3 N–H and O–H groups in total. The van der Waals surface area contributed by atoms with Gasteiger partial charge in [0.2, 0.25) is 0 Å². The van der Waals surface area contributed by atoms with E-state index in [2.05, 4.69) is 50.4 Å². The third-order valence-corrected chi connectivity index (χ3v) is 3.25. The van der Waals surface area contributed by atoms with E-state index in [1.54, 1.807) is 0 Å². The minimum absolute atomic E-state index is 0.107. The van der Waals surface area contributed by atoms with Crippen LogP contribution in [-0.2, 0) is 0 Å². The molecule has 0 aliphatic carbocycles. The molecular weight excluding hydrogens is 220 g/mol. The van der Waals surface area contributed by atoms with Crippen molar-refractivity contribution in [2.75, 3.05) is 13.1 Å². The van der Waals surface area contributed by atoms with Crippen LogP contribution < -0.4 is 11.1 Å². The lowest BCUT2D eigenvalue weighted by Crippen LogP contribution is -2.27. The Morgan fingerprint density at radius 2 is 1.78 bits per heavy atom. The predicted octanol–water partition coefficient (Wildman–Crippen LogP) is 3.41. The fourth-order valence-electron chi connectivity index (χ4n) is 1.99. The largest absolute Gasteiger partial charge is 0.323 e. The smallest absolute Gasteiger partial charge is 0.0421 e. The predicted molar refractivity (Wildman–Crippen MR) is 79.7 cm³/mol. The maximum atomic E-state index is 6.15. The van der Waals surface area contributed by atoms with Crippen LogP contribution in [0.2, 0.25) is 0 Å². The van der Waals surface area contributed by atoms with E-state index in [9.17, 15) is 0 Å². The van der Waals surface area contributed by atoms with E-state index < -0.39 is 0 Å². The number of nitrogens with one attached hydrogen (secondary N) is 1. The normalized spacial score (nSPS) is 12.9. The average Bonchev–Trinajstić information content (AvgIpc) is 2.34. The summed E-state index contributed by atoms with van der Waals surface area (Å²) in [6.45, 7) is 8.60. The molecule has 0 amide bonds. The molecule has 0 fully saturated rings. The second kappa shape index (κ2) is 8.28. The molecule has 1 aromatic carbocycles. The van der Waals surface area contributed by atoms with Crippen LogP contribution in [0.5, 0.6) is 0 Å². The summed E-state index contributed by atoms with van der Waals surface area (Å²) in [5.41, 5.74) is 8.65. The zero-order valence-corrected chi connectivity index (χ0v) is 12.1. The van der Waals surface area contributed by atoms with E-state index in [1.165, 1.54) is 30.4 Å². The molecule has 2 nitrogen and oxygen atoms in total. The highest BCUT2D eigenvalue weighted by molar-refractivity contribution is 5.23. The second-order valence-corrected chi connectivity index (χ2v) is 5.61. The summed E-state index contributed by atoms with van der Waals surface area (Å²) in [6, 6.07) is 8.60. The maximum absolute atomic E-state index is 6.15. The van der Waals surface area contributed by atoms with E-state index >= 15 is 0 Å². The van der Waals surface area contributed by atoms with Crippen molar-refractivity contribution in [2.45, 2.75) is 46.1 Å². The van der Waals surface area contributed by atoms with Crippen molar-refractivity contribution in [3.8, 4) is 0 Å². The first kappa shape index (κ1) is 15.2. The average molecular weight is 248 g/mol. The van der Waals surface area contributed by atoms with Crippen molar-refractivity contribution < 1.29 is 0 Å². The van der Waals surface area contributed by atoms with Gasteiger partial charge in [0.05, 0.1) is 0 Å². The second-order valence-electron chi connectivity index (χ2n) is 5.61. The molecule has 18 heavy (non-hydrogen) atoms. The number of unbranched alkanes of at least 4 members (excludes halogenated alkanes) is 1. The Balaban J connectivity index is 2.13. The molecule has 0 radical (unpaired) electrons. The molecule has 0 saturated carbocycles. The van der Waals surface area contributed by atoms with Crippen LogP contribution >= 0.6 is 0 Å². The van der Waals surface area contributed by atoms with E-state index in [4.69, 9.17) is 5.73 Å². The van der Waals surface area contributed by atoms with Crippen LogP contribution in [0.3, 0.4) is 0 Å². The van der Waals surface area contributed by atoms with Gasteiger partial charge in [-0.15, -0.1) is 0 Å². The van der Waals surface area contributed by atoms with Crippen LogP contribution in [0.15, 0.2) is 24.3 Å². The first-order chi connectivity index (χ1) is 8.59. The van der Waals surface area contributed by atoms with Gasteiger partial charge in [-0.1, -0.05) is 56.5 Å². The van der Waals surface area contributed by atoms with Gasteiger partial charge in [0, 0.05) is 12.6 Å². The van der Waals surface area contributed by atoms with E-state index in [1.807, 2.05) is 0 Å². The summed E-state index contributed by atoms with van der Waals surface area (Å²) in [5, 5.41) is 3.45. The minimum atomic E-state index is 0.107. The molecule has 1 atom stereocenters. The van der Waals surface area contributed by atoms with Gasteiger partial charge in [0.25, 0.3) is 0 Å². The highest BCUT2D eigenvalue weighted by Gasteiger charge is 2.04. The number of hydrogen-bond donors (Lipinski definition) is 2. The molecular formula is C16H28N2. The zero-order chi connectivity index (χ0) is 13.4. The Hall–Kier alpha value is -0.860. The van der Waals surface area contributed by atoms with Gasteiger partial charge in [-0.05, 0) is 31.4 Å². The zero-order valence-electron chi connectivity index (χ0n) is 12.1. The van der Waals surface area contributed by atoms with Crippen LogP contribution in [0.1, 0.15) is 50.3 Å². The monoisotopic (exact) mass is 248 g/mol. The Morgan fingerprint density at radius 1 is 1.11 bits per heavy atom. The minimum Gasteiger partial charge on any atom is -0.323 e. The third kappa shape index (κ3) is 6.18. The highest BCUT2D eigenvalue weighted by Crippen LogP contribution is 2.10. The molecule has 0 aromatic heterocycles. The van der Waals surface area contributed by atoms with Crippen molar-refractivity contribution >= 4 is 0 Å². The van der Waals surface area contributed by atoms with Gasteiger partial charge in [0.15, 0.2) is 0 Å². The molecule has 0 heterocycles. The van der Waals surface area contributed by atoms with Gasteiger partial charge in [0.1, 0.15) is 0 Å². The molecule has 1 rings (SSSR count). The van der Waals surface area contributed by atoms with Crippen molar-refractivity contribution in [1.29, 1.82) is 0 Å². The lowest BCUT2D eigenvalue weighted by molar-refractivity contribution is 0.511. The maximum Gasteiger partial charge on any atom is 0.0421 e. The SMILES string of the molecule is Cc1ccc(C(N)CNCCCCC(C)C)cc1. The first-order valence-corrected chi connectivity index (χ1v) is 7.12. The molecule has 0 aliphatic rings. The molecule has 0 saturated heterocycles. The first-order valence-electron chi connectivity index (χ1n) is 7.12. The number of nitrogens with two attached hydrogens (primary N) is 1. The topological polar surface area (TPSA) is 38.0 Å². The quantitative estimate of drug-likeness (QED) is 0.692. The van der Waals surface area contributed by atoms with Crippen molar-refractivity contribution in [3.05, 3.63) is 35.4 Å². The molecule has 0 spiro atoms. The number of aryl methyl sites for hydroxylation is 1. The summed E-state index contributed by atoms with van der Waals surface area (Å²) in [4.78, 5) is 0. The summed E-state index contributed by atoms with van der Waals surface area (Å²) in [6.07, 6.45) is 3.88. The Labute approximate surface area is 112 Å². The van der Waals surface area contributed by atoms with Crippen molar-refractivity contribution in [2.24, 2.45) is 11.7 Å². The summed E-state index contributed by atoms with van der Waals surface area (Å²) < 4.78 is 0. The van der Waals surface area contributed by atoms with Crippen LogP contribution in [-0.4, -0.2) is 13.1 Å². The summed E-state index contributed by atoms with van der Waals surface area (Å²) >= 11 is 0. The van der Waals surface area contributed by atoms with Crippen LogP contribution in [0.4, 0.5) is 0 Å². The summed E-state index contributed by atoms with van der Waals surface area (Å²) in [5.74, 6) is 0.819. The molecule has 1 aromatic rings. The highest BCUT2D eigenvalue weighted by atomic mass is 14.9. The van der Waals surface area contributed by atoms with Crippen LogP contribution in [0, 0.1) is 12.8 Å². The van der Waals surface area contributed by atoms with Gasteiger partial charge < -0.3 is 11.1 Å². The Kier molecular flexibility index (Phi) is 6.99. The van der Waals surface area contributed by atoms with E-state index in [0.29, 0.717) is 0 Å². The van der Waals surface area contributed by atoms with Crippen LogP contribution in [0.25, 0.3) is 0 Å². The molecule has 2 heteroatoms. The van der Waals surface area contributed by atoms with Gasteiger partial charge >= 0.3 is 0 Å². The van der Waals surface area contributed by atoms with Gasteiger partial charge in [-0.3, -0.25) is 0 Å². The van der Waals surface area contributed by atoms with Crippen molar-refractivity contribution in [3.63, 3.8) is 0 Å². The fraction of sp³-hybridized carbons (Fsp3) is 0.625. The van der Waals surface area contributed by atoms with Crippen molar-refractivity contribution in [1.82, 2.24) is 5.32 Å². The number of hydrogen-bond acceptors (Lipinski definition) is 2. The number of rotatable bonds is 8. The molecule has 0 aliphatic heterocycles. The Morgan fingerprint density at radius 3 is 2.39 bits per heavy atom. The standard InChI is InChI=1S/C16H28N2/c1-13(2)6-4-5-11-18-12-16(17)15-9-7-14(3)8-10-15/h7-10,13,16,18H,4-6,11-12,17H2,1-3H3. The summed E-state index contributed by atoms with van der Waals surface area (Å²) in [7, 11) is 0. The number of benzene rings is 1. The van der Waals surface area contributed by atoms with E-state index in [0.717, 1.165) is 19.0 Å². The van der Waals surface area contributed by atoms with E-state index in [-0.39, 0.29) is 6.04 Å². The third-order valence-electron chi connectivity index (χ3n) is 3.25. The van der Waals surface area contributed by atoms with Gasteiger partial charge in [-0.2, -0.15) is 0 Å². The molecule has 102 valence electrons. The lowest BCUT2D eigenvalue weighted by Gasteiger charge is -2.13. The fourth-order valence-corrected chi connectivity index (χ4v) is 1.99. The molecule has 0 bridgehead atoms. The van der Waals surface area contributed by atoms with Gasteiger partial charge in [-0.25, -0.2) is 0 Å². The lowest BCUT2D eigenvalue weighted by atomic mass is 10.1. The molecule has 1 unspecified atom stereocenters.